The standard InChI is InChI=1S/C25H23ClN2O4/c26-19-9-7-18(8-10-19)15-24(29)27-20-11-12-22-23(16-20)32-17-25(30)28(22)13-4-14-31-21-5-2-1-3-6-21/h1-3,5-12,16H,4,13-15,17H2,(H,27,29). The number of rotatable bonds is 8. The molecule has 2 amide bonds. The van der Waals surface area contributed by atoms with Crippen LogP contribution in [0.25, 0.3) is 0 Å². The third-order valence-corrected chi connectivity index (χ3v) is 5.25. The number of hydrogen-bond donors (Lipinski definition) is 1. The van der Waals surface area contributed by atoms with Crippen LogP contribution >= 0.6 is 11.6 Å². The Labute approximate surface area is 191 Å². The summed E-state index contributed by atoms with van der Waals surface area (Å²) in [4.78, 5) is 26.5. The molecule has 0 unspecified atom stereocenters. The number of carbonyl (C=O) groups excluding carboxylic acids is 2. The molecule has 4 rings (SSSR count). The molecule has 0 aromatic heterocycles. The molecule has 0 aliphatic carbocycles. The zero-order valence-corrected chi connectivity index (χ0v) is 18.2. The molecule has 32 heavy (non-hydrogen) atoms. The van der Waals surface area contributed by atoms with E-state index in [2.05, 4.69) is 5.32 Å². The van der Waals surface area contributed by atoms with Crippen LogP contribution in [0.1, 0.15) is 12.0 Å². The highest BCUT2D eigenvalue weighted by molar-refractivity contribution is 6.30. The summed E-state index contributed by atoms with van der Waals surface area (Å²) in [5.41, 5.74) is 2.18. The van der Waals surface area contributed by atoms with Gasteiger partial charge in [-0.2, -0.15) is 0 Å². The van der Waals surface area contributed by atoms with Crippen LogP contribution in [0.5, 0.6) is 11.5 Å². The summed E-state index contributed by atoms with van der Waals surface area (Å²) in [5.74, 6) is 1.13. The molecule has 1 heterocycles. The maximum Gasteiger partial charge on any atom is 0.265 e. The average molecular weight is 451 g/mol. The van der Waals surface area contributed by atoms with Crippen LogP contribution in [0, 0.1) is 0 Å². The molecule has 164 valence electrons. The number of hydrogen-bond acceptors (Lipinski definition) is 4. The van der Waals surface area contributed by atoms with E-state index in [0.29, 0.717) is 41.7 Å². The van der Waals surface area contributed by atoms with E-state index in [4.69, 9.17) is 21.1 Å². The molecule has 7 heteroatoms. The number of halogens is 1. The van der Waals surface area contributed by atoms with Gasteiger partial charge in [0, 0.05) is 23.3 Å². The van der Waals surface area contributed by atoms with Crippen molar-refractivity contribution in [2.24, 2.45) is 0 Å². The molecule has 0 spiro atoms. The van der Waals surface area contributed by atoms with Crippen molar-refractivity contribution in [2.45, 2.75) is 12.8 Å². The predicted molar refractivity (Wildman–Crippen MR) is 125 cm³/mol. The molecule has 6 nitrogen and oxygen atoms in total. The minimum Gasteiger partial charge on any atom is -0.494 e. The van der Waals surface area contributed by atoms with Gasteiger partial charge in [0.25, 0.3) is 5.91 Å². The molecule has 0 atom stereocenters. The van der Waals surface area contributed by atoms with Gasteiger partial charge in [-0.1, -0.05) is 41.9 Å². The molecule has 0 bridgehead atoms. The van der Waals surface area contributed by atoms with Crippen LogP contribution in [-0.2, 0) is 16.0 Å². The van der Waals surface area contributed by atoms with E-state index in [0.717, 1.165) is 11.3 Å². The minimum absolute atomic E-state index is 0.0330. The number of fused-ring (bicyclic) bond motifs is 1. The molecule has 0 fully saturated rings. The highest BCUT2D eigenvalue weighted by Crippen LogP contribution is 2.34. The van der Waals surface area contributed by atoms with E-state index >= 15 is 0 Å². The first-order chi connectivity index (χ1) is 15.6. The van der Waals surface area contributed by atoms with Crippen molar-refractivity contribution >= 4 is 34.8 Å². The molecule has 1 aliphatic rings. The third-order valence-electron chi connectivity index (χ3n) is 5.00. The van der Waals surface area contributed by atoms with Gasteiger partial charge in [0.05, 0.1) is 18.7 Å². The molecular formula is C25H23ClN2O4. The zero-order valence-electron chi connectivity index (χ0n) is 17.4. The Morgan fingerprint density at radius 3 is 2.62 bits per heavy atom. The van der Waals surface area contributed by atoms with Gasteiger partial charge in [0.15, 0.2) is 6.61 Å². The molecule has 0 saturated heterocycles. The summed E-state index contributed by atoms with van der Waals surface area (Å²) < 4.78 is 11.3. The van der Waals surface area contributed by atoms with E-state index in [-0.39, 0.29) is 24.8 Å². The van der Waals surface area contributed by atoms with Crippen LogP contribution < -0.4 is 19.7 Å². The van der Waals surface area contributed by atoms with Crippen molar-refractivity contribution in [1.29, 1.82) is 0 Å². The number of anilines is 2. The lowest BCUT2D eigenvalue weighted by Crippen LogP contribution is -2.39. The second-order valence-electron chi connectivity index (χ2n) is 7.38. The fraction of sp³-hybridized carbons (Fsp3) is 0.200. The van der Waals surface area contributed by atoms with E-state index in [1.165, 1.54) is 0 Å². The number of benzene rings is 3. The Kier molecular flexibility index (Phi) is 6.92. The molecule has 0 saturated carbocycles. The van der Waals surface area contributed by atoms with Gasteiger partial charge >= 0.3 is 0 Å². The number of amides is 2. The van der Waals surface area contributed by atoms with Crippen molar-refractivity contribution in [3.8, 4) is 11.5 Å². The largest absolute Gasteiger partial charge is 0.494 e. The fourth-order valence-electron chi connectivity index (χ4n) is 3.45. The number of nitrogens with one attached hydrogen (secondary N) is 1. The van der Waals surface area contributed by atoms with Crippen LogP contribution in [0.4, 0.5) is 11.4 Å². The van der Waals surface area contributed by atoms with Gasteiger partial charge in [0.1, 0.15) is 11.5 Å². The maximum absolute atomic E-state index is 12.4. The molecule has 1 N–H and O–H groups in total. The molecule has 3 aromatic rings. The van der Waals surface area contributed by atoms with Crippen molar-refractivity contribution in [1.82, 2.24) is 0 Å². The van der Waals surface area contributed by atoms with E-state index in [1.807, 2.05) is 42.5 Å². The van der Waals surface area contributed by atoms with Crippen molar-refractivity contribution in [3.05, 3.63) is 83.4 Å². The van der Waals surface area contributed by atoms with Crippen LogP contribution in [0.15, 0.2) is 72.8 Å². The Balaban J connectivity index is 1.35. The van der Waals surface area contributed by atoms with Gasteiger partial charge in [-0.15, -0.1) is 0 Å². The number of ether oxygens (including phenoxy) is 2. The Hall–Kier alpha value is -3.51. The third kappa shape index (κ3) is 5.59. The molecule has 0 radical (unpaired) electrons. The lowest BCUT2D eigenvalue weighted by atomic mass is 10.1. The predicted octanol–water partition coefficient (Wildman–Crippen LogP) is 4.72. The van der Waals surface area contributed by atoms with E-state index in [9.17, 15) is 9.59 Å². The van der Waals surface area contributed by atoms with Gasteiger partial charge in [-0.05, 0) is 48.4 Å². The Morgan fingerprint density at radius 1 is 1.06 bits per heavy atom. The summed E-state index contributed by atoms with van der Waals surface area (Å²) in [6.45, 7) is 0.988. The summed E-state index contributed by atoms with van der Waals surface area (Å²) >= 11 is 5.89. The van der Waals surface area contributed by atoms with Crippen molar-refractivity contribution in [2.75, 3.05) is 30.0 Å². The second-order valence-corrected chi connectivity index (χ2v) is 7.82. The second kappa shape index (κ2) is 10.2. The highest BCUT2D eigenvalue weighted by atomic mass is 35.5. The number of para-hydroxylation sites is 1. The van der Waals surface area contributed by atoms with Gasteiger partial charge in [-0.25, -0.2) is 0 Å². The van der Waals surface area contributed by atoms with E-state index < -0.39 is 0 Å². The molecule has 1 aliphatic heterocycles. The van der Waals surface area contributed by atoms with Crippen LogP contribution in [0.3, 0.4) is 0 Å². The SMILES string of the molecule is O=C(Cc1ccc(Cl)cc1)Nc1ccc2c(c1)OCC(=O)N2CCCOc1ccccc1. The fourth-order valence-corrected chi connectivity index (χ4v) is 3.58. The quantitative estimate of drug-likeness (QED) is 0.504. The topological polar surface area (TPSA) is 67.9 Å². The molecular weight excluding hydrogens is 428 g/mol. The first-order valence-corrected chi connectivity index (χ1v) is 10.8. The summed E-state index contributed by atoms with van der Waals surface area (Å²) in [6.07, 6.45) is 0.917. The summed E-state index contributed by atoms with van der Waals surface area (Å²) in [5, 5.41) is 3.51. The Bertz CT molecular complexity index is 1090. The first kappa shape index (κ1) is 21.7. The van der Waals surface area contributed by atoms with Gasteiger partial charge < -0.3 is 19.7 Å². The Morgan fingerprint density at radius 2 is 1.84 bits per heavy atom. The maximum atomic E-state index is 12.4. The smallest absolute Gasteiger partial charge is 0.265 e. The van der Waals surface area contributed by atoms with E-state index in [1.54, 1.807) is 35.2 Å². The minimum atomic E-state index is -0.144. The lowest BCUT2D eigenvalue weighted by Gasteiger charge is -2.29. The lowest BCUT2D eigenvalue weighted by molar-refractivity contribution is -0.121. The highest BCUT2D eigenvalue weighted by Gasteiger charge is 2.25. The summed E-state index contributed by atoms with van der Waals surface area (Å²) in [6, 6.07) is 22.0. The van der Waals surface area contributed by atoms with Crippen LogP contribution in [-0.4, -0.2) is 31.6 Å². The number of nitrogens with zero attached hydrogens (tertiary/aromatic N) is 1. The monoisotopic (exact) mass is 450 g/mol. The number of carbonyl (C=O) groups is 2. The zero-order chi connectivity index (χ0) is 22.3. The summed E-state index contributed by atoms with van der Waals surface area (Å²) in [7, 11) is 0. The van der Waals surface area contributed by atoms with Crippen molar-refractivity contribution < 1.29 is 19.1 Å². The average Bonchev–Trinajstić information content (AvgIpc) is 2.80. The van der Waals surface area contributed by atoms with Crippen LogP contribution in [0.2, 0.25) is 5.02 Å². The van der Waals surface area contributed by atoms with Crippen molar-refractivity contribution in [3.63, 3.8) is 0 Å². The molecule has 3 aromatic carbocycles. The van der Waals surface area contributed by atoms with Gasteiger partial charge in [0.2, 0.25) is 5.91 Å². The van der Waals surface area contributed by atoms with Gasteiger partial charge in [-0.3, -0.25) is 9.59 Å². The normalized spacial score (nSPS) is 12.7. The first-order valence-electron chi connectivity index (χ1n) is 10.4.